The van der Waals surface area contributed by atoms with E-state index in [-0.39, 0.29) is 0 Å². The Hall–Kier alpha value is -0.440. The van der Waals surface area contributed by atoms with Crippen molar-refractivity contribution in [1.29, 1.82) is 0 Å². The number of rotatable bonds is 2. The second-order valence-electron chi connectivity index (χ2n) is 2.96. The predicted molar refractivity (Wildman–Crippen MR) is 61.2 cm³/mol. The number of benzene rings is 1. The van der Waals surface area contributed by atoms with Gasteiger partial charge in [-0.3, -0.25) is 0 Å². The maximum Gasteiger partial charge on any atom is 0.359 e. The molecular weight excluding hydrogens is 258 g/mol. The van der Waals surface area contributed by atoms with E-state index in [1.807, 2.05) is 30.3 Å². The van der Waals surface area contributed by atoms with Crippen LogP contribution in [0.15, 0.2) is 30.3 Å². The Labute approximate surface area is 103 Å². The first kappa shape index (κ1) is 12.6. The van der Waals surface area contributed by atoms with E-state index in [1.165, 1.54) is 0 Å². The fourth-order valence-electron chi connectivity index (χ4n) is 1.02. The van der Waals surface area contributed by atoms with Gasteiger partial charge in [0, 0.05) is 0 Å². The summed E-state index contributed by atoms with van der Waals surface area (Å²) in [5, 5.41) is 0. The molecule has 1 aromatic carbocycles. The fraction of sp³-hybridized carbons (Fsp3) is 0.300. The quantitative estimate of drug-likeness (QED) is 0.604. The van der Waals surface area contributed by atoms with E-state index < -0.39 is 15.9 Å². The molecule has 0 amide bonds. The number of halogens is 3. The van der Waals surface area contributed by atoms with Crippen LogP contribution < -0.4 is 0 Å². The zero-order valence-corrected chi connectivity index (χ0v) is 10.2. The van der Waals surface area contributed by atoms with Gasteiger partial charge in [-0.15, -0.1) is 0 Å². The molecule has 0 bridgehead atoms. The predicted octanol–water partition coefficient (Wildman–Crippen LogP) is 3.66. The molecule has 0 saturated carbocycles. The van der Waals surface area contributed by atoms with Crippen molar-refractivity contribution in [3.8, 4) is 0 Å². The van der Waals surface area contributed by atoms with Gasteiger partial charge >= 0.3 is 5.97 Å². The van der Waals surface area contributed by atoms with Gasteiger partial charge in [-0.1, -0.05) is 65.1 Å². The SMILES string of the molecule is CC(OC(=O)C(Cl)(Cl)Cl)c1ccccc1. The summed E-state index contributed by atoms with van der Waals surface area (Å²) < 4.78 is 2.94. The lowest BCUT2D eigenvalue weighted by molar-refractivity contribution is -0.147. The highest BCUT2D eigenvalue weighted by Gasteiger charge is 2.34. The molecule has 0 saturated heterocycles. The number of alkyl halides is 3. The van der Waals surface area contributed by atoms with E-state index >= 15 is 0 Å². The average molecular weight is 268 g/mol. The van der Waals surface area contributed by atoms with E-state index in [0.717, 1.165) is 5.56 Å². The van der Waals surface area contributed by atoms with Crippen molar-refractivity contribution in [1.82, 2.24) is 0 Å². The van der Waals surface area contributed by atoms with Gasteiger partial charge in [0.15, 0.2) is 0 Å². The summed E-state index contributed by atoms with van der Waals surface area (Å²) in [6, 6.07) is 9.21. The Morgan fingerprint density at radius 3 is 2.27 bits per heavy atom. The first-order valence-corrected chi connectivity index (χ1v) is 5.37. The summed E-state index contributed by atoms with van der Waals surface area (Å²) in [5.41, 5.74) is 0.847. The maximum atomic E-state index is 11.2. The van der Waals surface area contributed by atoms with Gasteiger partial charge in [0.1, 0.15) is 6.10 Å². The Bertz CT molecular complexity index is 332. The van der Waals surface area contributed by atoms with Crippen LogP contribution in [0.4, 0.5) is 0 Å². The summed E-state index contributed by atoms with van der Waals surface area (Å²) in [7, 11) is 0. The Balaban J connectivity index is 2.65. The highest BCUT2D eigenvalue weighted by Crippen LogP contribution is 2.30. The number of hydrogen-bond acceptors (Lipinski definition) is 2. The van der Waals surface area contributed by atoms with Crippen LogP contribution in [-0.4, -0.2) is 9.76 Å². The van der Waals surface area contributed by atoms with Gasteiger partial charge in [0.2, 0.25) is 0 Å². The number of hydrogen-bond donors (Lipinski definition) is 0. The van der Waals surface area contributed by atoms with E-state index in [9.17, 15) is 4.79 Å². The van der Waals surface area contributed by atoms with Crippen molar-refractivity contribution in [3.05, 3.63) is 35.9 Å². The van der Waals surface area contributed by atoms with Gasteiger partial charge in [-0.25, -0.2) is 4.79 Å². The monoisotopic (exact) mass is 266 g/mol. The van der Waals surface area contributed by atoms with Crippen LogP contribution in [0.3, 0.4) is 0 Å². The molecule has 0 aliphatic heterocycles. The van der Waals surface area contributed by atoms with Crippen LogP contribution in [0.1, 0.15) is 18.6 Å². The molecule has 0 fully saturated rings. The lowest BCUT2D eigenvalue weighted by Crippen LogP contribution is -2.23. The van der Waals surface area contributed by atoms with Crippen LogP contribution in [0.5, 0.6) is 0 Å². The maximum absolute atomic E-state index is 11.2. The summed E-state index contributed by atoms with van der Waals surface area (Å²) in [6.07, 6.45) is -0.436. The average Bonchev–Trinajstić information content (AvgIpc) is 2.17. The van der Waals surface area contributed by atoms with Gasteiger partial charge in [-0.05, 0) is 12.5 Å². The fourth-order valence-corrected chi connectivity index (χ4v) is 1.15. The first-order valence-electron chi connectivity index (χ1n) is 4.24. The van der Waals surface area contributed by atoms with Crippen LogP contribution in [0, 0.1) is 0 Å². The zero-order chi connectivity index (χ0) is 11.5. The van der Waals surface area contributed by atoms with Crippen molar-refractivity contribution >= 4 is 40.8 Å². The van der Waals surface area contributed by atoms with Gasteiger partial charge < -0.3 is 4.74 Å². The summed E-state index contributed by atoms with van der Waals surface area (Å²) in [5.74, 6) is -0.871. The second-order valence-corrected chi connectivity index (χ2v) is 5.24. The van der Waals surface area contributed by atoms with E-state index in [1.54, 1.807) is 6.92 Å². The molecule has 1 aromatic rings. The van der Waals surface area contributed by atoms with Crippen LogP contribution in [0.25, 0.3) is 0 Å². The minimum atomic E-state index is -2.02. The molecule has 0 aromatic heterocycles. The molecule has 1 atom stereocenters. The summed E-state index contributed by atoms with van der Waals surface area (Å²) >= 11 is 16.1. The second kappa shape index (κ2) is 5.06. The standard InChI is InChI=1S/C10H9Cl3O2/c1-7(8-5-3-2-4-6-8)15-9(14)10(11,12)13/h2-7H,1H3. The molecule has 5 heteroatoms. The minimum absolute atomic E-state index is 0.436. The lowest BCUT2D eigenvalue weighted by Gasteiger charge is -2.16. The third-order valence-electron chi connectivity index (χ3n) is 1.78. The third kappa shape index (κ3) is 3.90. The molecule has 1 unspecified atom stereocenters. The van der Waals surface area contributed by atoms with E-state index in [0.29, 0.717) is 0 Å². The van der Waals surface area contributed by atoms with Gasteiger partial charge in [0.25, 0.3) is 3.79 Å². The Kier molecular flexibility index (Phi) is 4.26. The number of carbonyl (C=O) groups is 1. The smallest absolute Gasteiger partial charge is 0.359 e. The molecule has 0 aliphatic rings. The molecule has 82 valence electrons. The van der Waals surface area contributed by atoms with Crippen molar-refractivity contribution in [3.63, 3.8) is 0 Å². The summed E-state index contributed by atoms with van der Waals surface area (Å²) in [6.45, 7) is 1.71. The number of ether oxygens (including phenoxy) is 1. The molecule has 0 N–H and O–H groups in total. The first-order chi connectivity index (χ1) is 6.91. The largest absolute Gasteiger partial charge is 0.455 e. The molecule has 0 radical (unpaired) electrons. The molecular formula is C10H9Cl3O2. The minimum Gasteiger partial charge on any atom is -0.455 e. The van der Waals surface area contributed by atoms with E-state index in [2.05, 4.69) is 0 Å². The van der Waals surface area contributed by atoms with E-state index in [4.69, 9.17) is 39.5 Å². The highest BCUT2D eigenvalue weighted by molar-refractivity contribution is 6.75. The molecule has 0 spiro atoms. The van der Waals surface area contributed by atoms with Crippen molar-refractivity contribution < 1.29 is 9.53 Å². The Morgan fingerprint density at radius 2 is 1.80 bits per heavy atom. The molecule has 0 aliphatic carbocycles. The summed E-state index contributed by atoms with van der Waals surface area (Å²) in [4.78, 5) is 11.2. The number of carbonyl (C=O) groups excluding carboxylic acids is 1. The Morgan fingerprint density at radius 1 is 1.27 bits per heavy atom. The molecule has 0 heterocycles. The van der Waals surface area contributed by atoms with Crippen molar-refractivity contribution in [2.45, 2.75) is 16.8 Å². The molecule has 2 nitrogen and oxygen atoms in total. The topological polar surface area (TPSA) is 26.3 Å². The zero-order valence-electron chi connectivity index (χ0n) is 7.91. The van der Waals surface area contributed by atoms with Gasteiger partial charge in [0.05, 0.1) is 0 Å². The highest BCUT2D eigenvalue weighted by atomic mass is 35.6. The molecule has 1 rings (SSSR count). The lowest BCUT2D eigenvalue weighted by atomic mass is 10.1. The van der Waals surface area contributed by atoms with Crippen LogP contribution in [-0.2, 0) is 9.53 Å². The molecule has 15 heavy (non-hydrogen) atoms. The van der Waals surface area contributed by atoms with Crippen LogP contribution in [0.2, 0.25) is 0 Å². The third-order valence-corrected chi connectivity index (χ3v) is 2.25. The normalized spacial score (nSPS) is 13.3. The van der Waals surface area contributed by atoms with Crippen LogP contribution >= 0.6 is 34.8 Å². The number of esters is 1. The van der Waals surface area contributed by atoms with Gasteiger partial charge in [-0.2, -0.15) is 0 Å². The van der Waals surface area contributed by atoms with Crippen molar-refractivity contribution in [2.24, 2.45) is 0 Å². The van der Waals surface area contributed by atoms with Crippen molar-refractivity contribution in [2.75, 3.05) is 0 Å².